The third kappa shape index (κ3) is 3.51. The monoisotopic (exact) mass is 358 g/mol. The summed E-state index contributed by atoms with van der Waals surface area (Å²) in [5.74, 6) is -5.79. The summed E-state index contributed by atoms with van der Waals surface area (Å²) in [7, 11) is 0. The standard InChI is InChI=1S/C19H13F3N2O2/c20-14-8-9-15(18(22)17(14)21)24-16(25)10-23-19(26)13-7-3-5-11-4-1-2-6-12(11)13/h1-9H,10H2,(H,23,26)(H,24,25). The molecule has 0 aliphatic carbocycles. The van der Waals surface area contributed by atoms with E-state index < -0.39 is 41.5 Å². The molecule has 0 saturated carbocycles. The second-order valence-corrected chi connectivity index (χ2v) is 5.48. The van der Waals surface area contributed by atoms with E-state index in [1.54, 1.807) is 24.3 Å². The number of rotatable bonds is 4. The highest BCUT2D eigenvalue weighted by Crippen LogP contribution is 2.20. The molecule has 0 saturated heterocycles. The average molecular weight is 358 g/mol. The summed E-state index contributed by atoms with van der Waals surface area (Å²) in [5.41, 5.74) is -0.122. The summed E-state index contributed by atoms with van der Waals surface area (Å²) in [6, 6.07) is 14.0. The van der Waals surface area contributed by atoms with Gasteiger partial charge in [-0.3, -0.25) is 9.59 Å². The summed E-state index contributed by atoms with van der Waals surface area (Å²) in [6.07, 6.45) is 0. The first-order valence-corrected chi connectivity index (χ1v) is 7.66. The van der Waals surface area contributed by atoms with Crippen LogP contribution in [0.2, 0.25) is 0 Å². The van der Waals surface area contributed by atoms with Crippen molar-refractivity contribution in [2.45, 2.75) is 0 Å². The lowest BCUT2D eigenvalue weighted by molar-refractivity contribution is -0.115. The molecule has 0 bridgehead atoms. The molecule has 26 heavy (non-hydrogen) atoms. The first kappa shape index (κ1) is 17.5. The van der Waals surface area contributed by atoms with Gasteiger partial charge in [0, 0.05) is 5.56 Å². The minimum absolute atomic E-state index is 0.384. The van der Waals surface area contributed by atoms with Gasteiger partial charge in [0.15, 0.2) is 17.5 Å². The number of anilines is 1. The maximum absolute atomic E-state index is 13.5. The molecule has 3 aromatic rings. The van der Waals surface area contributed by atoms with Crippen LogP contribution in [-0.2, 0) is 4.79 Å². The maximum Gasteiger partial charge on any atom is 0.252 e. The van der Waals surface area contributed by atoms with Crippen molar-refractivity contribution >= 4 is 28.3 Å². The highest BCUT2D eigenvalue weighted by Gasteiger charge is 2.16. The Morgan fingerprint density at radius 3 is 2.38 bits per heavy atom. The number of benzene rings is 3. The van der Waals surface area contributed by atoms with Crippen LogP contribution < -0.4 is 10.6 Å². The van der Waals surface area contributed by atoms with Gasteiger partial charge in [-0.25, -0.2) is 13.2 Å². The van der Waals surface area contributed by atoms with E-state index in [4.69, 9.17) is 0 Å². The topological polar surface area (TPSA) is 58.2 Å². The van der Waals surface area contributed by atoms with Gasteiger partial charge in [-0.2, -0.15) is 0 Å². The van der Waals surface area contributed by atoms with Gasteiger partial charge in [0.25, 0.3) is 5.91 Å². The molecule has 7 heteroatoms. The van der Waals surface area contributed by atoms with Gasteiger partial charge < -0.3 is 10.6 Å². The second kappa shape index (κ2) is 7.26. The molecule has 0 radical (unpaired) electrons. The van der Waals surface area contributed by atoms with Crippen LogP contribution in [0.3, 0.4) is 0 Å². The number of hydrogen-bond donors (Lipinski definition) is 2. The van der Waals surface area contributed by atoms with Gasteiger partial charge in [-0.05, 0) is 29.0 Å². The van der Waals surface area contributed by atoms with Crippen LogP contribution in [0.15, 0.2) is 54.6 Å². The van der Waals surface area contributed by atoms with Crippen molar-refractivity contribution in [1.82, 2.24) is 5.32 Å². The maximum atomic E-state index is 13.5. The predicted molar refractivity (Wildman–Crippen MR) is 91.2 cm³/mol. The van der Waals surface area contributed by atoms with Crippen molar-refractivity contribution in [1.29, 1.82) is 0 Å². The Bertz CT molecular complexity index is 1000. The van der Waals surface area contributed by atoms with E-state index in [-0.39, 0.29) is 0 Å². The first-order valence-electron chi connectivity index (χ1n) is 7.66. The average Bonchev–Trinajstić information content (AvgIpc) is 2.66. The summed E-state index contributed by atoms with van der Waals surface area (Å²) >= 11 is 0. The molecule has 3 aromatic carbocycles. The Morgan fingerprint density at radius 2 is 1.58 bits per heavy atom. The molecule has 2 amide bonds. The van der Waals surface area contributed by atoms with Gasteiger partial charge in [0.05, 0.1) is 12.2 Å². The predicted octanol–water partition coefficient (Wildman–Crippen LogP) is 3.63. The molecule has 0 unspecified atom stereocenters. The SMILES string of the molecule is O=C(CNC(=O)c1cccc2ccccc12)Nc1ccc(F)c(F)c1F. The van der Waals surface area contributed by atoms with Crippen molar-refractivity contribution in [3.63, 3.8) is 0 Å². The van der Waals surface area contributed by atoms with Crippen LogP contribution in [0.25, 0.3) is 10.8 Å². The molecular weight excluding hydrogens is 345 g/mol. The molecule has 2 N–H and O–H groups in total. The molecule has 132 valence electrons. The highest BCUT2D eigenvalue weighted by atomic mass is 19.2. The van der Waals surface area contributed by atoms with Crippen molar-refractivity contribution < 1.29 is 22.8 Å². The lowest BCUT2D eigenvalue weighted by Crippen LogP contribution is -2.33. The van der Waals surface area contributed by atoms with Crippen molar-refractivity contribution in [2.75, 3.05) is 11.9 Å². The molecular formula is C19H13F3N2O2. The van der Waals surface area contributed by atoms with Crippen LogP contribution in [0, 0.1) is 17.5 Å². The van der Waals surface area contributed by atoms with Crippen molar-refractivity contribution in [3.8, 4) is 0 Å². The van der Waals surface area contributed by atoms with Gasteiger partial charge in [0.1, 0.15) is 0 Å². The fraction of sp³-hybridized carbons (Fsp3) is 0.0526. The summed E-state index contributed by atoms with van der Waals surface area (Å²) < 4.78 is 39.6. The van der Waals surface area contributed by atoms with Gasteiger partial charge in [-0.15, -0.1) is 0 Å². The molecule has 3 rings (SSSR count). The number of amides is 2. The van der Waals surface area contributed by atoms with Crippen LogP contribution in [0.1, 0.15) is 10.4 Å². The number of carbonyl (C=O) groups excluding carboxylic acids is 2. The quantitative estimate of drug-likeness (QED) is 0.700. The van der Waals surface area contributed by atoms with E-state index >= 15 is 0 Å². The molecule has 0 spiro atoms. The minimum Gasteiger partial charge on any atom is -0.343 e. The Labute approximate surface area is 146 Å². The molecule has 0 aliphatic rings. The van der Waals surface area contributed by atoms with Gasteiger partial charge in [0.2, 0.25) is 5.91 Å². The van der Waals surface area contributed by atoms with E-state index in [1.165, 1.54) is 0 Å². The Kier molecular flexibility index (Phi) is 4.88. The Balaban J connectivity index is 1.68. The zero-order chi connectivity index (χ0) is 18.7. The lowest BCUT2D eigenvalue weighted by atomic mass is 10.0. The smallest absolute Gasteiger partial charge is 0.252 e. The first-order chi connectivity index (χ1) is 12.5. The van der Waals surface area contributed by atoms with E-state index in [0.29, 0.717) is 11.6 Å². The normalized spacial score (nSPS) is 10.6. The van der Waals surface area contributed by atoms with Gasteiger partial charge >= 0.3 is 0 Å². The largest absolute Gasteiger partial charge is 0.343 e. The number of hydrogen-bond acceptors (Lipinski definition) is 2. The van der Waals surface area contributed by atoms with Gasteiger partial charge in [-0.1, -0.05) is 36.4 Å². The molecule has 4 nitrogen and oxygen atoms in total. The van der Waals surface area contributed by atoms with E-state index in [2.05, 4.69) is 10.6 Å². The van der Waals surface area contributed by atoms with Crippen LogP contribution in [0.5, 0.6) is 0 Å². The lowest BCUT2D eigenvalue weighted by Gasteiger charge is -2.10. The van der Waals surface area contributed by atoms with Crippen LogP contribution >= 0.6 is 0 Å². The van der Waals surface area contributed by atoms with Crippen LogP contribution in [0.4, 0.5) is 18.9 Å². The third-order valence-electron chi connectivity index (χ3n) is 3.75. The number of nitrogens with one attached hydrogen (secondary N) is 2. The summed E-state index contributed by atoms with van der Waals surface area (Å²) in [4.78, 5) is 24.2. The second-order valence-electron chi connectivity index (χ2n) is 5.48. The highest BCUT2D eigenvalue weighted by molar-refractivity contribution is 6.08. The zero-order valence-corrected chi connectivity index (χ0v) is 13.4. The fourth-order valence-corrected chi connectivity index (χ4v) is 2.50. The van der Waals surface area contributed by atoms with E-state index in [9.17, 15) is 22.8 Å². The summed E-state index contributed by atoms with van der Waals surface area (Å²) in [6.45, 7) is -0.458. The fourth-order valence-electron chi connectivity index (χ4n) is 2.50. The number of fused-ring (bicyclic) bond motifs is 1. The van der Waals surface area contributed by atoms with Crippen LogP contribution in [-0.4, -0.2) is 18.4 Å². The molecule has 0 aliphatic heterocycles. The van der Waals surface area contributed by atoms with Crippen molar-refractivity contribution in [2.24, 2.45) is 0 Å². The van der Waals surface area contributed by atoms with Crippen molar-refractivity contribution in [3.05, 3.63) is 77.6 Å². The zero-order valence-electron chi connectivity index (χ0n) is 13.4. The number of halogens is 3. The summed E-state index contributed by atoms with van der Waals surface area (Å²) in [5, 5.41) is 6.09. The van der Waals surface area contributed by atoms with E-state index in [1.807, 2.05) is 18.2 Å². The minimum atomic E-state index is -1.68. The van der Waals surface area contributed by atoms with E-state index in [0.717, 1.165) is 16.8 Å². The molecule has 0 atom stereocenters. The molecule has 0 aromatic heterocycles. The Hall–Kier alpha value is -3.35. The number of carbonyl (C=O) groups is 2. The molecule has 0 heterocycles. The molecule has 0 fully saturated rings. The Morgan fingerprint density at radius 1 is 0.846 bits per heavy atom. The third-order valence-corrected chi connectivity index (χ3v) is 3.75.